The largest absolute Gasteiger partial charge is 0.349 e. The fourth-order valence-corrected chi connectivity index (χ4v) is 3.82. The SMILES string of the molecule is O=C(CCSc1ccccc1)N[C@H]1CCCc2ccccc21. The molecule has 1 amide bonds. The third-order valence-corrected chi connectivity index (χ3v) is 5.06. The van der Waals surface area contributed by atoms with Gasteiger partial charge in [-0.1, -0.05) is 42.5 Å². The highest BCUT2D eigenvalue weighted by Crippen LogP contribution is 2.29. The van der Waals surface area contributed by atoms with Crippen LogP contribution in [0.5, 0.6) is 0 Å². The van der Waals surface area contributed by atoms with Crippen LogP contribution in [-0.2, 0) is 11.2 Å². The van der Waals surface area contributed by atoms with Gasteiger partial charge in [-0.05, 0) is 42.5 Å². The Morgan fingerprint density at radius 1 is 1.09 bits per heavy atom. The fraction of sp³-hybridized carbons (Fsp3) is 0.316. The van der Waals surface area contributed by atoms with Crippen molar-refractivity contribution in [2.75, 3.05) is 5.75 Å². The molecule has 0 radical (unpaired) electrons. The topological polar surface area (TPSA) is 29.1 Å². The Balaban J connectivity index is 1.50. The number of hydrogen-bond donors (Lipinski definition) is 1. The first kappa shape index (κ1) is 15.2. The molecule has 1 aliphatic rings. The highest BCUT2D eigenvalue weighted by atomic mass is 32.2. The summed E-state index contributed by atoms with van der Waals surface area (Å²) in [6.45, 7) is 0. The minimum atomic E-state index is 0.158. The summed E-state index contributed by atoms with van der Waals surface area (Å²) in [4.78, 5) is 13.4. The predicted octanol–water partition coefficient (Wildman–Crippen LogP) is 4.36. The van der Waals surface area contributed by atoms with Gasteiger partial charge in [-0.15, -0.1) is 11.8 Å². The van der Waals surface area contributed by atoms with Crippen LogP contribution in [0.4, 0.5) is 0 Å². The van der Waals surface area contributed by atoms with Crippen LogP contribution in [0.2, 0.25) is 0 Å². The molecule has 22 heavy (non-hydrogen) atoms. The summed E-state index contributed by atoms with van der Waals surface area (Å²) in [5.41, 5.74) is 2.69. The van der Waals surface area contributed by atoms with Gasteiger partial charge in [0.05, 0.1) is 6.04 Å². The summed E-state index contributed by atoms with van der Waals surface area (Å²) in [5, 5.41) is 3.21. The Kier molecular flexibility index (Phi) is 5.17. The second-order valence-corrected chi connectivity index (χ2v) is 6.79. The van der Waals surface area contributed by atoms with Gasteiger partial charge in [0, 0.05) is 17.1 Å². The van der Waals surface area contributed by atoms with E-state index in [9.17, 15) is 4.79 Å². The van der Waals surface area contributed by atoms with Crippen molar-refractivity contribution in [1.29, 1.82) is 0 Å². The van der Waals surface area contributed by atoms with Crippen molar-refractivity contribution < 1.29 is 4.79 Å². The zero-order valence-corrected chi connectivity index (χ0v) is 13.4. The molecular weight excluding hydrogens is 290 g/mol. The van der Waals surface area contributed by atoms with Crippen LogP contribution in [0.1, 0.15) is 36.4 Å². The molecule has 3 heteroatoms. The van der Waals surface area contributed by atoms with Crippen molar-refractivity contribution in [3.63, 3.8) is 0 Å². The lowest BCUT2D eigenvalue weighted by Gasteiger charge is -2.26. The second kappa shape index (κ2) is 7.50. The molecule has 2 nitrogen and oxygen atoms in total. The Morgan fingerprint density at radius 2 is 1.86 bits per heavy atom. The van der Waals surface area contributed by atoms with E-state index in [0.29, 0.717) is 6.42 Å². The van der Waals surface area contributed by atoms with Crippen molar-refractivity contribution in [2.24, 2.45) is 0 Å². The van der Waals surface area contributed by atoms with E-state index in [1.165, 1.54) is 16.0 Å². The molecule has 0 spiro atoms. The number of benzene rings is 2. The number of carbonyl (C=O) groups excluding carboxylic acids is 1. The zero-order chi connectivity index (χ0) is 15.2. The maximum Gasteiger partial charge on any atom is 0.221 e. The molecule has 1 atom stereocenters. The van der Waals surface area contributed by atoms with Crippen molar-refractivity contribution in [3.8, 4) is 0 Å². The van der Waals surface area contributed by atoms with Gasteiger partial charge in [-0.2, -0.15) is 0 Å². The average Bonchev–Trinajstić information content (AvgIpc) is 2.56. The van der Waals surface area contributed by atoms with E-state index in [2.05, 4.69) is 41.7 Å². The summed E-state index contributed by atoms with van der Waals surface area (Å²) in [5.74, 6) is 0.981. The van der Waals surface area contributed by atoms with Gasteiger partial charge < -0.3 is 5.32 Å². The molecule has 0 saturated carbocycles. The first-order chi connectivity index (χ1) is 10.8. The molecule has 0 unspecified atom stereocenters. The summed E-state index contributed by atoms with van der Waals surface area (Å²) in [7, 11) is 0. The molecule has 3 rings (SSSR count). The van der Waals surface area contributed by atoms with Crippen molar-refractivity contribution in [2.45, 2.75) is 36.6 Å². The molecule has 0 fully saturated rings. The van der Waals surface area contributed by atoms with E-state index in [-0.39, 0.29) is 11.9 Å². The van der Waals surface area contributed by atoms with E-state index in [4.69, 9.17) is 0 Å². The number of rotatable bonds is 5. The highest BCUT2D eigenvalue weighted by molar-refractivity contribution is 7.99. The lowest BCUT2D eigenvalue weighted by molar-refractivity contribution is -0.121. The molecular formula is C19H21NOS. The first-order valence-corrected chi connectivity index (χ1v) is 8.86. The number of fused-ring (bicyclic) bond motifs is 1. The van der Waals surface area contributed by atoms with Gasteiger partial charge >= 0.3 is 0 Å². The summed E-state index contributed by atoms with van der Waals surface area (Å²) < 4.78 is 0. The van der Waals surface area contributed by atoms with Gasteiger partial charge in [0.1, 0.15) is 0 Å². The zero-order valence-electron chi connectivity index (χ0n) is 12.6. The van der Waals surface area contributed by atoms with E-state index in [1.54, 1.807) is 11.8 Å². The number of carbonyl (C=O) groups is 1. The number of nitrogens with one attached hydrogen (secondary N) is 1. The van der Waals surface area contributed by atoms with Gasteiger partial charge in [0.15, 0.2) is 0 Å². The quantitative estimate of drug-likeness (QED) is 0.831. The summed E-state index contributed by atoms with van der Waals surface area (Å²) in [6, 6.07) is 18.9. The Hall–Kier alpha value is -1.74. The molecule has 0 bridgehead atoms. The minimum Gasteiger partial charge on any atom is -0.349 e. The number of aryl methyl sites for hydroxylation is 1. The normalized spacial score (nSPS) is 16.8. The lowest BCUT2D eigenvalue weighted by atomic mass is 9.88. The molecule has 0 aromatic heterocycles. The fourth-order valence-electron chi connectivity index (χ4n) is 2.95. The number of hydrogen-bond acceptors (Lipinski definition) is 2. The average molecular weight is 311 g/mol. The maximum atomic E-state index is 12.2. The van der Waals surface area contributed by atoms with Crippen molar-refractivity contribution in [1.82, 2.24) is 5.32 Å². The third-order valence-electron chi connectivity index (χ3n) is 4.05. The highest BCUT2D eigenvalue weighted by Gasteiger charge is 2.20. The Bertz CT molecular complexity index is 626. The number of amides is 1. The molecule has 2 aromatic carbocycles. The minimum absolute atomic E-state index is 0.158. The molecule has 1 aliphatic carbocycles. The van der Waals surface area contributed by atoms with Crippen LogP contribution in [0.25, 0.3) is 0 Å². The standard InChI is InChI=1S/C19H21NOS/c21-19(13-14-22-16-9-2-1-3-10-16)20-18-12-6-8-15-7-4-5-11-17(15)18/h1-5,7,9-11,18H,6,8,12-14H2,(H,20,21)/t18-/m0/s1. The third kappa shape index (κ3) is 3.92. The first-order valence-electron chi connectivity index (χ1n) is 7.88. The van der Waals surface area contributed by atoms with Crippen LogP contribution in [0.3, 0.4) is 0 Å². The van der Waals surface area contributed by atoms with Gasteiger partial charge in [-0.25, -0.2) is 0 Å². The van der Waals surface area contributed by atoms with Crippen molar-refractivity contribution in [3.05, 3.63) is 65.7 Å². The molecule has 114 valence electrons. The molecule has 0 aliphatic heterocycles. The molecule has 0 saturated heterocycles. The van der Waals surface area contributed by atoms with E-state index in [0.717, 1.165) is 25.0 Å². The molecule has 2 aromatic rings. The van der Waals surface area contributed by atoms with Crippen LogP contribution in [0.15, 0.2) is 59.5 Å². The van der Waals surface area contributed by atoms with E-state index in [1.807, 2.05) is 18.2 Å². The van der Waals surface area contributed by atoms with Gasteiger partial charge in [0.25, 0.3) is 0 Å². The molecule has 0 heterocycles. The maximum absolute atomic E-state index is 12.2. The Morgan fingerprint density at radius 3 is 2.73 bits per heavy atom. The smallest absolute Gasteiger partial charge is 0.221 e. The predicted molar refractivity (Wildman–Crippen MR) is 92.0 cm³/mol. The Labute approximate surface area is 136 Å². The molecule has 1 N–H and O–H groups in total. The van der Waals surface area contributed by atoms with Crippen LogP contribution in [0, 0.1) is 0 Å². The van der Waals surface area contributed by atoms with E-state index >= 15 is 0 Å². The number of thioether (sulfide) groups is 1. The van der Waals surface area contributed by atoms with Crippen LogP contribution in [-0.4, -0.2) is 11.7 Å². The monoisotopic (exact) mass is 311 g/mol. The van der Waals surface area contributed by atoms with Crippen LogP contribution >= 0.6 is 11.8 Å². The lowest BCUT2D eigenvalue weighted by Crippen LogP contribution is -2.31. The van der Waals surface area contributed by atoms with E-state index < -0.39 is 0 Å². The van der Waals surface area contributed by atoms with Gasteiger partial charge in [-0.3, -0.25) is 4.79 Å². The van der Waals surface area contributed by atoms with Gasteiger partial charge in [0.2, 0.25) is 5.91 Å². The van der Waals surface area contributed by atoms with Crippen molar-refractivity contribution >= 4 is 17.7 Å². The van der Waals surface area contributed by atoms with Crippen LogP contribution < -0.4 is 5.32 Å². The second-order valence-electron chi connectivity index (χ2n) is 5.62. The summed E-state index contributed by atoms with van der Waals surface area (Å²) in [6.07, 6.45) is 3.90. The summed E-state index contributed by atoms with van der Waals surface area (Å²) >= 11 is 1.74.